The van der Waals surface area contributed by atoms with Crippen LogP contribution in [0.15, 0.2) is 96.5 Å². The maximum atomic E-state index is 6.60. The number of allylic oxidation sites excluding steroid dienone is 1. The molecule has 0 fully saturated rings. The second-order valence-corrected chi connectivity index (χ2v) is 11.0. The number of furan rings is 1. The van der Waals surface area contributed by atoms with Gasteiger partial charge in [0.25, 0.3) is 0 Å². The molecule has 4 unspecified atom stereocenters. The normalized spacial score (nSPS) is 24.4. The van der Waals surface area contributed by atoms with Crippen molar-refractivity contribution in [1.82, 2.24) is 14.9 Å². The van der Waals surface area contributed by atoms with Crippen molar-refractivity contribution in [2.75, 3.05) is 28.8 Å². The Morgan fingerprint density at radius 1 is 0.821 bits per heavy atom. The van der Waals surface area contributed by atoms with Crippen molar-refractivity contribution in [2.45, 2.75) is 18.2 Å². The Morgan fingerprint density at radius 2 is 1.62 bits per heavy atom. The molecule has 6 heterocycles. The molecule has 0 spiro atoms. The maximum Gasteiger partial charge on any atom is 0.178 e. The van der Waals surface area contributed by atoms with Crippen LogP contribution in [0.5, 0.6) is 0 Å². The Balaban J connectivity index is 1.36. The van der Waals surface area contributed by atoms with E-state index in [1.54, 1.807) is 12.4 Å². The third-order valence-electron chi connectivity index (χ3n) is 9.15. The molecule has 4 aliphatic rings. The van der Waals surface area contributed by atoms with Crippen LogP contribution in [0, 0.1) is 5.92 Å². The molecule has 4 aliphatic heterocycles. The maximum absolute atomic E-state index is 6.60. The summed E-state index contributed by atoms with van der Waals surface area (Å²) in [5.74, 6) is 2.02. The lowest BCUT2D eigenvalue weighted by atomic mass is 9.72. The van der Waals surface area contributed by atoms with E-state index in [2.05, 4.69) is 101 Å². The lowest BCUT2D eigenvalue weighted by molar-refractivity contribution is 0.208. The van der Waals surface area contributed by atoms with E-state index in [9.17, 15) is 0 Å². The third kappa shape index (κ3) is 2.48. The Kier molecular flexibility index (Phi) is 3.91. The van der Waals surface area contributed by atoms with Gasteiger partial charge in [-0.3, -0.25) is 0 Å². The zero-order valence-corrected chi connectivity index (χ0v) is 21.7. The van der Waals surface area contributed by atoms with E-state index in [-0.39, 0.29) is 24.2 Å². The van der Waals surface area contributed by atoms with Crippen molar-refractivity contribution in [3.05, 3.63) is 103 Å². The number of hydrogen-bond donors (Lipinski definition) is 0. The SMILES string of the molecule is C=C1c2ccc3c(oc4ccccc43)c2N2C=CN(C)C2C2C1c1ccccc1N1c3nccnc3N(C)C21. The first-order valence-electron chi connectivity index (χ1n) is 13.4. The average molecular weight is 511 g/mol. The molecule has 39 heavy (non-hydrogen) atoms. The highest BCUT2D eigenvalue weighted by Crippen LogP contribution is 2.60. The van der Waals surface area contributed by atoms with E-state index in [4.69, 9.17) is 21.0 Å². The summed E-state index contributed by atoms with van der Waals surface area (Å²) < 4.78 is 6.60. The van der Waals surface area contributed by atoms with E-state index in [1.165, 1.54) is 11.3 Å². The molecular formula is C32H26N6O. The van der Waals surface area contributed by atoms with Gasteiger partial charge in [0.1, 0.15) is 17.9 Å². The highest BCUT2D eigenvalue weighted by Gasteiger charge is 2.57. The zero-order chi connectivity index (χ0) is 26.0. The van der Waals surface area contributed by atoms with Crippen molar-refractivity contribution in [2.24, 2.45) is 5.92 Å². The van der Waals surface area contributed by atoms with Gasteiger partial charge in [-0.1, -0.05) is 49.0 Å². The van der Waals surface area contributed by atoms with Gasteiger partial charge in [-0.05, 0) is 29.3 Å². The van der Waals surface area contributed by atoms with Gasteiger partial charge in [-0.25, -0.2) is 9.97 Å². The first-order valence-corrected chi connectivity index (χ1v) is 13.4. The minimum absolute atomic E-state index is 0.00868. The average Bonchev–Trinajstić information content (AvgIpc) is 3.61. The van der Waals surface area contributed by atoms with E-state index in [0.29, 0.717) is 0 Å². The predicted octanol–water partition coefficient (Wildman–Crippen LogP) is 6.28. The minimum atomic E-state index is 0.00868. The largest absolute Gasteiger partial charge is 0.454 e. The van der Waals surface area contributed by atoms with Crippen LogP contribution < -0.4 is 14.7 Å². The summed E-state index contributed by atoms with van der Waals surface area (Å²) in [6, 6.07) is 21.5. The van der Waals surface area contributed by atoms with E-state index in [1.807, 2.05) is 6.07 Å². The molecule has 190 valence electrons. The number of rotatable bonds is 0. The second kappa shape index (κ2) is 7.20. The smallest absolute Gasteiger partial charge is 0.178 e. The summed E-state index contributed by atoms with van der Waals surface area (Å²) in [7, 11) is 4.32. The quantitative estimate of drug-likeness (QED) is 0.243. The summed E-state index contributed by atoms with van der Waals surface area (Å²) >= 11 is 0. The molecule has 9 rings (SSSR count). The Morgan fingerprint density at radius 3 is 2.51 bits per heavy atom. The van der Waals surface area contributed by atoms with Crippen molar-refractivity contribution in [3.63, 3.8) is 0 Å². The fourth-order valence-electron chi connectivity index (χ4n) is 7.62. The minimum Gasteiger partial charge on any atom is -0.454 e. The monoisotopic (exact) mass is 510 g/mol. The summed E-state index contributed by atoms with van der Waals surface area (Å²) in [5.41, 5.74) is 7.60. The molecule has 7 nitrogen and oxygen atoms in total. The fraction of sp³-hybridized carbons (Fsp3) is 0.188. The van der Waals surface area contributed by atoms with Gasteiger partial charge >= 0.3 is 0 Å². The summed E-state index contributed by atoms with van der Waals surface area (Å²) in [6.45, 7) is 4.82. The standard InChI is InChI=1S/C32H26N6O/c1-18-19-12-13-21-20-8-5-7-11-24(20)39-28(21)27(19)37-17-16-35(2)31(37)26-25(18)22-9-4-6-10-23(22)38-30-29(33-14-15-34-30)36(3)32(26)38/h4-17,25-26,31-32H,1H2,2-3H3. The first kappa shape index (κ1) is 21.2. The number of hydrogen-bond acceptors (Lipinski definition) is 7. The summed E-state index contributed by atoms with van der Waals surface area (Å²) in [5, 5.41) is 2.26. The van der Waals surface area contributed by atoms with E-state index >= 15 is 0 Å². The van der Waals surface area contributed by atoms with Crippen LogP contribution in [0.2, 0.25) is 0 Å². The van der Waals surface area contributed by atoms with Crippen molar-refractivity contribution < 1.29 is 4.42 Å². The van der Waals surface area contributed by atoms with Gasteiger partial charge in [-0.15, -0.1) is 0 Å². The molecule has 0 amide bonds. The number of benzene rings is 3. The summed E-state index contributed by atoms with van der Waals surface area (Å²) in [4.78, 5) is 19.0. The van der Waals surface area contributed by atoms with Crippen LogP contribution in [0.4, 0.5) is 23.0 Å². The van der Waals surface area contributed by atoms with Gasteiger partial charge < -0.3 is 24.0 Å². The number of anilines is 4. The zero-order valence-electron chi connectivity index (χ0n) is 21.7. The highest BCUT2D eigenvalue weighted by atomic mass is 16.3. The molecule has 5 aromatic rings. The van der Waals surface area contributed by atoms with Crippen molar-refractivity contribution in [3.8, 4) is 0 Å². The molecular weight excluding hydrogens is 484 g/mol. The lowest BCUT2D eigenvalue weighted by Crippen LogP contribution is -2.58. The van der Waals surface area contributed by atoms with E-state index < -0.39 is 0 Å². The molecule has 4 atom stereocenters. The van der Waals surface area contributed by atoms with Crippen LogP contribution in [-0.2, 0) is 0 Å². The lowest BCUT2D eigenvalue weighted by Gasteiger charge is -2.49. The molecule has 2 aromatic heterocycles. The number of para-hydroxylation sites is 2. The van der Waals surface area contributed by atoms with Gasteiger partial charge in [-0.2, -0.15) is 0 Å². The molecule has 0 saturated heterocycles. The van der Waals surface area contributed by atoms with Gasteiger partial charge in [0.15, 0.2) is 17.2 Å². The highest BCUT2D eigenvalue weighted by molar-refractivity contribution is 6.11. The van der Waals surface area contributed by atoms with Crippen LogP contribution in [-0.4, -0.2) is 41.3 Å². The third-order valence-corrected chi connectivity index (χ3v) is 9.15. The van der Waals surface area contributed by atoms with E-state index in [0.717, 1.165) is 50.4 Å². The van der Waals surface area contributed by atoms with Crippen LogP contribution >= 0.6 is 0 Å². The Bertz CT molecular complexity index is 1890. The van der Waals surface area contributed by atoms with Crippen LogP contribution in [0.25, 0.3) is 27.5 Å². The molecule has 0 N–H and O–H groups in total. The van der Waals surface area contributed by atoms with Crippen molar-refractivity contribution >= 4 is 50.5 Å². The first-order chi connectivity index (χ1) is 19.1. The Hall–Kier alpha value is -4.78. The predicted molar refractivity (Wildman–Crippen MR) is 155 cm³/mol. The number of fused-ring (bicyclic) bond motifs is 16. The molecule has 0 radical (unpaired) electrons. The van der Waals surface area contributed by atoms with Gasteiger partial charge in [0.05, 0.1) is 5.69 Å². The van der Waals surface area contributed by atoms with Crippen molar-refractivity contribution in [1.29, 1.82) is 0 Å². The number of nitrogens with zero attached hydrogens (tertiary/aromatic N) is 6. The fourth-order valence-corrected chi connectivity index (χ4v) is 7.62. The van der Waals surface area contributed by atoms with Crippen LogP contribution in [0.1, 0.15) is 17.0 Å². The molecule has 0 saturated carbocycles. The summed E-state index contributed by atoms with van der Waals surface area (Å²) in [6.07, 6.45) is 8.00. The second-order valence-electron chi connectivity index (χ2n) is 11.0. The Labute approximate surface area is 225 Å². The molecule has 3 aromatic carbocycles. The molecule has 7 heteroatoms. The molecule has 0 aliphatic carbocycles. The number of aromatic nitrogens is 2. The van der Waals surface area contributed by atoms with Gasteiger partial charge in [0.2, 0.25) is 0 Å². The molecule has 0 bridgehead atoms. The topological polar surface area (TPSA) is 51.9 Å². The van der Waals surface area contributed by atoms with Gasteiger partial charge in [0, 0.05) is 72.7 Å². The van der Waals surface area contributed by atoms with Crippen LogP contribution in [0.3, 0.4) is 0 Å².